The molecule has 7 heteroatoms. The van der Waals surface area contributed by atoms with E-state index in [1.54, 1.807) is 17.0 Å². The van der Waals surface area contributed by atoms with Crippen LogP contribution in [0.2, 0.25) is 0 Å². The van der Waals surface area contributed by atoms with E-state index in [1.165, 1.54) is 17.5 Å². The van der Waals surface area contributed by atoms with E-state index in [-0.39, 0.29) is 28.6 Å². The molecule has 1 fully saturated rings. The van der Waals surface area contributed by atoms with Gasteiger partial charge in [-0.15, -0.1) is 0 Å². The highest BCUT2D eigenvalue weighted by atomic mass is 32.2. The van der Waals surface area contributed by atoms with Crippen molar-refractivity contribution in [2.75, 3.05) is 13.7 Å². The number of hydrogen-bond donors (Lipinski definition) is 0. The van der Waals surface area contributed by atoms with Crippen LogP contribution in [0, 0.1) is 0 Å². The topological polar surface area (TPSA) is 66.9 Å². The number of piperidine rings is 1. The number of benzene rings is 2. The first-order chi connectivity index (χ1) is 14.8. The van der Waals surface area contributed by atoms with Crippen molar-refractivity contribution in [2.24, 2.45) is 0 Å². The SMILES string of the molecule is COc1ccc(C(=O)N(Cc2ccccc2)C(C)C)cc1S(=O)(=O)N1CCCCC1C. The molecule has 6 nitrogen and oxygen atoms in total. The molecule has 31 heavy (non-hydrogen) atoms. The van der Waals surface area contributed by atoms with Crippen LogP contribution in [-0.2, 0) is 16.6 Å². The van der Waals surface area contributed by atoms with Gasteiger partial charge in [-0.05, 0) is 57.4 Å². The average molecular weight is 445 g/mol. The van der Waals surface area contributed by atoms with Crippen molar-refractivity contribution in [1.82, 2.24) is 9.21 Å². The second-order valence-corrected chi connectivity index (χ2v) is 10.2. The van der Waals surface area contributed by atoms with E-state index in [0.717, 1.165) is 24.8 Å². The van der Waals surface area contributed by atoms with Crippen molar-refractivity contribution < 1.29 is 17.9 Å². The van der Waals surface area contributed by atoms with Crippen molar-refractivity contribution in [1.29, 1.82) is 0 Å². The minimum Gasteiger partial charge on any atom is -0.495 e. The van der Waals surface area contributed by atoms with Crippen LogP contribution in [0.4, 0.5) is 0 Å². The Bertz CT molecular complexity index is 1010. The van der Waals surface area contributed by atoms with Crippen LogP contribution < -0.4 is 4.74 Å². The first-order valence-corrected chi connectivity index (χ1v) is 12.2. The lowest BCUT2D eigenvalue weighted by Gasteiger charge is -2.33. The van der Waals surface area contributed by atoms with Gasteiger partial charge in [0.25, 0.3) is 5.91 Å². The summed E-state index contributed by atoms with van der Waals surface area (Å²) in [5.41, 5.74) is 1.36. The van der Waals surface area contributed by atoms with Gasteiger partial charge in [0.15, 0.2) is 0 Å². The van der Waals surface area contributed by atoms with Gasteiger partial charge in [-0.1, -0.05) is 36.8 Å². The molecule has 1 atom stereocenters. The molecule has 2 aromatic rings. The summed E-state index contributed by atoms with van der Waals surface area (Å²) >= 11 is 0. The van der Waals surface area contributed by atoms with E-state index >= 15 is 0 Å². The molecular weight excluding hydrogens is 412 g/mol. The number of rotatable bonds is 7. The van der Waals surface area contributed by atoms with Crippen molar-refractivity contribution in [3.8, 4) is 5.75 Å². The number of carbonyl (C=O) groups excluding carboxylic acids is 1. The predicted molar refractivity (Wildman–Crippen MR) is 122 cm³/mol. The van der Waals surface area contributed by atoms with Crippen LogP contribution in [0.3, 0.4) is 0 Å². The standard InChI is InChI=1S/C24H32N2O4S/c1-18(2)25(17-20-11-6-5-7-12-20)24(27)21-13-14-22(30-4)23(16-21)31(28,29)26-15-9-8-10-19(26)3/h5-7,11-14,16,18-19H,8-10,15,17H2,1-4H3. The maximum absolute atomic E-state index is 13.5. The summed E-state index contributed by atoms with van der Waals surface area (Å²) in [6.45, 7) is 6.78. The van der Waals surface area contributed by atoms with Gasteiger partial charge in [-0.3, -0.25) is 4.79 Å². The van der Waals surface area contributed by atoms with Gasteiger partial charge in [-0.25, -0.2) is 8.42 Å². The molecule has 2 aromatic carbocycles. The number of amides is 1. The third-order valence-corrected chi connectivity index (χ3v) is 7.85. The molecule has 0 radical (unpaired) electrons. The van der Waals surface area contributed by atoms with Gasteiger partial charge < -0.3 is 9.64 Å². The Morgan fingerprint density at radius 1 is 1.16 bits per heavy atom. The number of sulfonamides is 1. The minimum atomic E-state index is -3.78. The van der Waals surface area contributed by atoms with E-state index in [0.29, 0.717) is 18.7 Å². The maximum Gasteiger partial charge on any atom is 0.254 e. The van der Waals surface area contributed by atoms with Gasteiger partial charge in [0.2, 0.25) is 10.0 Å². The highest BCUT2D eigenvalue weighted by Gasteiger charge is 2.34. The molecule has 1 unspecified atom stereocenters. The third-order valence-electron chi connectivity index (χ3n) is 5.82. The lowest BCUT2D eigenvalue weighted by molar-refractivity contribution is 0.0690. The van der Waals surface area contributed by atoms with Crippen molar-refractivity contribution in [2.45, 2.75) is 63.6 Å². The molecule has 0 saturated carbocycles. The lowest BCUT2D eigenvalue weighted by Crippen LogP contribution is -2.42. The molecule has 3 rings (SSSR count). The highest BCUT2D eigenvalue weighted by molar-refractivity contribution is 7.89. The van der Waals surface area contributed by atoms with Crippen molar-refractivity contribution >= 4 is 15.9 Å². The Labute approximate surface area is 185 Å². The monoisotopic (exact) mass is 444 g/mol. The molecule has 0 aromatic heterocycles. The fourth-order valence-corrected chi connectivity index (χ4v) is 5.88. The molecule has 168 valence electrons. The smallest absolute Gasteiger partial charge is 0.254 e. The number of methoxy groups -OCH3 is 1. The maximum atomic E-state index is 13.5. The van der Waals surface area contributed by atoms with Crippen molar-refractivity contribution in [3.05, 3.63) is 59.7 Å². The van der Waals surface area contributed by atoms with Crippen LogP contribution >= 0.6 is 0 Å². The van der Waals surface area contributed by atoms with Crippen molar-refractivity contribution in [3.63, 3.8) is 0 Å². The average Bonchev–Trinajstić information content (AvgIpc) is 2.77. The molecule has 1 aliphatic heterocycles. The fraction of sp³-hybridized carbons (Fsp3) is 0.458. The summed E-state index contributed by atoms with van der Waals surface area (Å²) in [5.74, 6) is 0.0538. The Morgan fingerprint density at radius 3 is 2.48 bits per heavy atom. The number of nitrogens with zero attached hydrogens (tertiary/aromatic N) is 2. The highest BCUT2D eigenvalue weighted by Crippen LogP contribution is 2.32. The quantitative estimate of drug-likeness (QED) is 0.638. The number of hydrogen-bond acceptors (Lipinski definition) is 4. The zero-order valence-electron chi connectivity index (χ0n) is 18.7. The Morgan fingerprint density at radius 2 is 1.87 bits per heavy atom. The fourth-order valence-electron chi connectivity index (χ4n) is 4.00. The predicted octanol–water partition coefficient (Wildman–Crippen LogP) is 4.31. The van der Waals surface area contributed by atoms with E-state index in [1.807, 2.05) is 51.1 Å². The summed E-state index contributed by atoms with van der Waals surface area (Å²) in [6, 6.07) is 14.3. The first-order valence-electron chi connectivity index (χ1n) is 10.8. The molecule has 1 amide bonds. The van der Waals surface area contributed by atoms with Crippen LogP contribution in [0.15, 0.2) is 53.4 Å². The molecule has 0 spiro atoms. The lowest BCUT2D eigenvalue weighted by atomic mass is 10.1. The summed E-state index contributed by atoms with van der Waals surface area (Å²) in [5, 5.41) is 0. The second-order valence-electron chi connectivity index (χ2n) is 8.34. The largest absolute Gasteiger partial charge is 0.495 e. The van der Waals surface area contributed by atoms with Gasteiger partial charge in [0.1, 0.15) is 10.6 Å². The summed E-state index contributed by atoms with van der Waals surface area (Å²) < 4.78 is 33.8. The Kier molecular flexibility index (Phi) is 7.38. The molecular formula is C24H32N2O4S. The molecule has 0 aliphatic carbocycles. The first kappa shape index (κ1) is 23.3. The van der Waals surface area contributed by atoms with Gasteiger partial charge in [0, 0.05) is 30.7 Å². The van der Waals surface area contributed by atoms with Gasteiger partial charge in [-0.2, -0.15) is 4.31 Å². The second kappa shape index (κ2) is 9.83. The van der Waals surface area contributed by atoms with Crippen LogP contribution in [0.25, 0.3) is 0 Å². The summed E-state index contributed by atoms with van der Waals surface area (Å²) in [6.07, 6.45) is 2.69. The summed E-state index contributed by atoms with van der Waals surface area (Å²) in [4.78, 5) is 15.2. The van der Waals surface area contributed by atoms with Crippen LogP contribution in [-0.4, -0.2) is 49.3 Å². The number of ether oxygens (including phenoxy) is 1. The zero-order chi connectivity index (χ0) is 22.6. The third kappa shape index (κ3) is 5.10. The van der Waals surface area contributed by atoms with Gasteiger partial charge >= 0.3 is 0 Å². The molecule has 1 saturated heterocycles. The Hall–Kier alpha value is -2.38. The molecule has 0 bridgehead atoms. The molecule has 0 N–H and O–H groups in total. The zero-order valence-corrected chi connectivity index (χ0v) is 19.6. The van der Waals surface area contributed by atoms with E-state index in [9.17, 15) is 13.2 Å². The molecule has 1 aliphatic rings. The normalized spacial score (nSPS) is 17.5. The number of carbonyl (C=O) groups is 1. The van der Waals surface area contributed by atoms with E-state index in [2.05, 4.69) is 0 Å². The summed E-state index contributed by atoms with van der Waals surface area (Å²) in [7, 11) is -2.33. The van der Waals surface area contributed by atoms with Crippen LogP contribution in [0.1, 0.15) is 56.0 Å². The van der Waals surface area contributed by atoms with E-state index < -0.39 is 10.0 Å². The van der Waals surface area contributed by atoms with Crippen LogP contribution in [0.5, 0.6) is 5.75 Å². The Balaban J connectivity index is 1.97. The van der Waals surface area contributed by atoms with Gasteiger partial charge in [0.05, 0.1) is 7.11 Å². The minimum absolute atomic E-state index is 0.0445. The van der Waals surface area contributed by atoms with E-state index in [4.69, 9.17) is 4.74 Å². The molecule has 1 heterocycles.